The van der Waals surface area contributed by atoms with Crippen LogP contribution in [-0.4, -0.2) is 35.8 Å². The van der Waals surface area contributed by atoms with Crippen LogP contribution >= 0.6 is 11.6 Å². The Morgan fingerprint density at radius 1 is 1.44 bits per heavy atom. The zero-order valence-electron chi connectivity index (χ0n) is 9.83. The predicted octanol–water partition coefficient (Wildman–Crippen LogP) is 1.97. The Kier molecular flexibility index (Phi) is 5.06. The average molecular weight is 247 g/mol. The number of rotatable bonds is 2. The van der Waals surface area contributed by atoms with E-state index in [0.717, 1.165) is 19.3 Å². The number of hydrogen-bond donors (Lipinski definition) is 1. The highest BCUT2D eigenvalue weighted by Crippen LogP contribution is 2.26. The van der Waals surface area contributed by atoms with Crippen molar-refractivity contribution < 1.29 is 9.59 Å². The lowest BCUT2D eigenvalue weighted by atomic mass is 9.86. The van der Waals surface area contributed by atoms with Gasteiger partial charge in [0.25, 0.3) is 0 Å². The summed E-state index contributed by atoms with van der Waals surface area (Å²) in [5.41, 5.74) is 0. The van der Waals surface area contributed by atoms with Crippen LogP contribution in [0.25, 0.3) is 0 Å². The number of nitrogens with zero attached hydrogens (tertiary/aromatic N) is 1. The zero-order chi connectivity index (χ0) is 12.1. The molecule has 0 bridgehead atoms. The minimum absolute atomic E-state index is 0.180. The van der Waals surface area contributed by atoms with E-state index in [-0.39, 0.29) is 18.0 Å². The van der Waals surface area contributed by atoms with Gasteiger partial charge in [-0.3, -0.25) is 10.1 Å². The van der Waals surface area contributed by atoms with Gasteiger partial charge in [0, 0.05) is 13.1 Å². The Morgan fingerprint density at radius 3 is 2.69 bits per heavy atom. The van der Waals surface area contributed by atoms with Crippen molar-refractivity contribution in [1.29, 1.82) is 0 Å². The number of hydrogen-bond acceptors (Lipinski definition) is 2. The number of imide groups is 1. The quantitative estimate of drug-likeness (QED) is 0.758. The van der Waals surface area contributed by atoms with Crippen LogP contribution in [0.3, 0.4) is 0 Å². The molecule has 0 aromatic carbocycles. The third-order valence-electron chi connectivity index (χ3n) is 3.14. The lowest BCUT2D eigenvalue weighted by molar-refractivity contribution is -0.117. The monoisotopic (exact) mass is 246 g/mol. The molecule has 0 heterocycles. The van der Waals surface area contributed by atoms with Gasteiger partial charge in [-0.15, -0.1) is 11.6 Å². The van der Waals surface area contributed by atoms with Crippen molar-refractivity contribution in [1.82, 2.24) is 10.2 Å². The summed E-state index contributed by atoms with van der Waals surface area (Å²) >= 11 is 5.33. The molecule has 1 N–H and O–H groups in total. The van der Waals surface area contributed by atoms with E-state index in [1.54, 1.807) is 11.9 Å². The van der Waals surface area contributed by atoms with Gasteiger partial charge in [-0.1, -0.05) is 19.8 Å². The van der Waals surface area contributed by atoms with Crippen molar-refractivity contribution >= 4 is 23.5 Å². The van der Waals surface area contributed by atoms with Gasteiger partial charge in [-0.05, 0) is 18.8 Å². The van der Waals surface area contributed by atoms with Gasteiger partial charge in [0.1, 0.15) is 5.88 Å². The summed E-state index contributed by atoms with van der Waals surface area (Å²) in [5, 5.41) is 2.26. The third kappa shape index (κ3) is 3.67. The molecular formula is C11H19ClN2O2. The Balaban J connectivity index is 2.46. The van der Waals surface area contributed by atoms with E-state index in [1.807, 2.05) is 0 Å². The van der Waals surface area contributed by atoms with E-state index < -0.39 is 5.91 Å². The smallest absolute Gasteiger partial charge is 0.324 e. The van der Waals surface area contributed by atoms with E-state index in [4.69, 9.17) is 11.6 Å². The lowest BCUT2D eigenvalue weighted by Gasteiger charge is -2.33. The summed E-state index contributed by atoms with van der Waals surface area (Å²) in [6.45, 7) is 2.20. The van der Waals surface area contributed by atoms with E-state index in [9.17, 15) is 9.59 Å². The van der Waals surface area contributed by atoms with Crippen molar-refractivity contribution in [3.05, 3.63) is 0 Å². The molecule has 2 atom stereocenters. The molecule has 92 valence electrons. The average Bonchev–Trinajstić information content (AvgIpc) is 2.27. The number of carbonyl (C=O) groups is 2. The van der Waals surface area contributed by atoms with Crippen LogP contribution in [0.1, 0.15) is 32.6 Å². The number of halogens is 1. The molecule has 0 aromatic rings. The first-order valence-corrected chi connectivity index (χ1v) is 6.20. The molecule has 1 fully saturated rings. The fourth-order valence-corrected chi connectivity index (χ4v) is 2.23. The number of amides is 3. The van der Waals surface area contributed by atoms with Crippen molar-refractivity contribution in [3.8, 4) is 0 Å². The first-order valence-electron chi connectivity index (χ1n) is 5.67. The normalized spacial score (nSPS) is 24.9. The van der Waals surface area contributed by atoms with Gasteiger partial charge in [0.05, 0.1) is 0 Å². The maximum atomic E-state index is 11.7. The SMILES string of the molecule is CC1CCCC(N(C)C(=O)NC(=O)CCl)C1. The van der Waals surface area contributed by atoms with Crippen LogP contribution in [0.4, 0.5) is 4.79 Å². The summed E-state index contributed by atoms with van der Waals surface area (Å²) < 4.78 is 0. The molecule has 5 heteroatoms. The summed E-state index contributed by atoms with van der Waals surface area (Å²) in [5.74, 6) is 0.0285. The molecule has 0 aromatic heterocycles. The van der Waals surface area contributed by atoms with Crippen LogP contribution < -0.4 is 5.32 Å². The van der Waals surface area contributed by atoms with Gasteiger partial charge in [0.2, 0.25) is 5.91 Å². The van der Waals surface area contributed by atoms with Crippen LogP contribution in [0.15, 0.2) is 0 Å². The molecular weight excluding hydrogens is 228 g/mol. The molecule has 0 radical (unpaired) electrons. The van der Waals surface area contributed by atoms with E-state index in [2.05, 4.69) is 12.2 Å². The highest BCUT2D eigenvalue weighted by atomic mass is 35.5. The van der Waals surface area contributed by atoms with Gasteiger partial charge in [-0.2, -0.15) is 0 Å². The van der Waals surface area contributed by atoms with Gasteiger partial charge in [0.15, 0.2) is 0 Å². The van der Waals surface area contributed by atoms with E-state index >= 15 is 0 Å². The minimum Gasteiger partial charge on any atom is -0.325 e. The number of nitrogens with one attached hydrogen (secondary N) is 1. The van der Waals surface area contributed by atoms with Crippen molar-refractivity contribution in [2.24, 2.45) is 5.92 Å². The second-order valence-electron chi connectivity index (χ2n) is 4.52. The van der Waals surface area contributed by atoms with Gasteiger partial charge >= 0.3 is 6.03 Å². The fraction of sp³-hybridized carbons (Fsp3) is 0.818. The second kappa shape index (κ2) is 6.09. The van der Waals surface area contributed by atoms with E-state index in [1.165, 1.54) is 6.42 Å². The topological polar surface area (TPSA) is 49.4 Å². The predicted molar refractivity (Wildman–Crippen MR) is 63.4 cm³/mol. The summed E-state index contributed by atoms with van der Waals surface area (Å²) in [4.78, 5) is 24.3. The molecule has 16 heavy (non-hydrogen) atoms. The first-order chi connectivity index (χ1) is 7.54. The molecule has 1 rings (SSSR count). The summed E-state index contributed by atoms with van der Waals surface area (Å²) in [6, 6.07) is -0.100. The maximum absolute atomic E-state index is 11.7. The Bertz CT molecular complexity index is 271. The molecule has 0 aliphatic heterocycles. The van der Waals surface area contributed by atoms with Crippen LogP contribution in [0.2, 0.25) is 0 Å². The zero-order valence-corrected chi connectivity index (χ0v) is 10.6. The molecule has 0 spiro atoms. The fourth-order valence-electron chi connectivity index (χ4n) is 2.16. The van der Waals surface area contributed by atoms with Crippen LogP contribution in [-0.2, 0) is 4.79 Å². The van der Waals surface area contributed by atoms with Crippen molar-refractivity contribution in [3.63, 3.8) is 0 Å². The van der Waals surface area contributed by atoms with Gasteiger partial charge in [-0.25, -0.2) is 4.79 Å². The van der Waals surface area contributed by atoms with Crippen LogP contribution in [0, 0.1) is 5.92 Å². The number of urea groups is 1. The standard InChI is InChI=1S/C11H19ClN2O2/c1-8-4-3-5-9(6-8)14(2)11(16)13-10(15)7-12/h8-9H,3-7H2,1-2H3,(H,13,15,16). The third-order valence-corrected chi connectivity index (χ3v) is 3.39. The van der Waals surface area contributed by atoms with E-state index in [0.29, 0.717) is 5.92 Å². The molecule has 3 amide bonds. The highest BCUT2D eigenvalue weighted by Gasteiger charge is 2.25. The van der Waals surface area contributed by atoms with Crippen LogP contribution in [0.5, 0.6) is 0 Å². The summed E-state index contributed by atoms with van der Waals surface area (Å²) in [6.07, 6.45) is 4.40. The van der Waals surface area contributed by atoms with Gasteiger partial charge < -0.3 is 4.90 Å². The minimum atomic E-state index is -0.442. The Morgan fingerprint density at radius 2 is 2.12 bits per heavy atom. The molecule has 2 unspecified atom stereocenters. The molecule has 1 aliphatic carbocycles. The number of carbonyl (C=O) groups excluding carboxylic acids is 2. The first kappa shape index (κ1) is 13.3. The Labute approximate surface area is 101 Å². The highest BCUT2D eigenvalue weighted by molar-refractivity contribution is 6.28. The van der Waals surface area contributed by atoms with Crippen molar-refractivity contribution in [2.75, 3.05) is 12.9 Å². The molecule has 1 saturated carbocycles. The number of alkyl halides is 1. The summed E-state index contributed by atoms with van der Waals surface area (Å²) in [7, 11) is 1.74. The lowest BCUT2D eigenvalue weighted by Crippen LogP contribution is -2.47. The molecule has 0 saturated heterocycles. The maximum Gasteiger partial charge on any atom is 0.324 e. The largest absolute Gasteiger partial charge is 0.325 e. The molecule has 4 nitrogen and oxygen atoms in total. The second-order valence-corrected chi connectivity index (χ2v) is 4.79. The van der Waals surface area contributed by atoms with Crippen molar-refractivity contribution in [2.45, 2.75) is 38.6 Å². The Hall–Kier alpha value is -0.770. The molecule has 1 aliphatic rings.